The molecular formula is C12H18ClN3O3S2. The van der Waals surface area contributed by atoms with Crippen LogP contribution in [0.2, 0.25) is 4.34 Å². The second-order valence-corrected chi connectivity index (χ2v) is 9.04. The lowest BCUT2D eigenvalue weighted by Crippen LogP contribution is -2.55. The van der Waals surface area contributed by atoms with Crippen molar-refractivity contribution in [2.24, 2.45) is 11.7 Å². The van der Waals surface area contributed by atoms with E-state index in [9.17, 15) is 13.2 Å². The third kappa shape index (κ3) is 4.17. The maximum Gasteiger partial charge on any atom is 0.250 e. The molecular weight excluding hydrogens is 334 g/mol. The Labute approximate surface area is 133 Å². The summed E-state index contributed by atoms with van der Waals surface area (Å²) in [6, 6.07) is 2.90. The molecule has 1 atom stereocenters. The van der Waals surface area contributed by atoms with Gasteiger partial charge in [-0.3, -0.25) is 4.79 Å². The van der Waals surface area contributed by atoms with Crippen molar-refractivity contribution in [2.75, 3.05) is 13.1 Å². The fourth-order valence-corrected chi connectivity index (χ4v) is 4.59. The summed E-state index contributed by atoms with van der Waals surface area (Å²) >= 11 is 6.65. The van der Waals surface area contributed by atoms with Crippen molar-refractivity contribution in [3.63, 3.8) is 0 Å². The summed E-state index contributed by atoms with van der Waals surface area (Å²) in [5.41, 5.74) is 5.24. The van der Waals surface area contributed by atoms with E-state index in [0.29, 0.717) is 16.8 Å². The maximum absolute atomic E-state index is 12.0. The number of amides is 1. The molecule has 0 saturated heterocycles. The summed E-state index contributed by atoms with van der Waals surface area (Å²) in [4.78, 5) is 11.9. The second-order valence-electron chi connectivity index (χ2n) is 5.33. The van der Waals surface area contributed by atoms with E-state index >= 15 is 0 Å². The highest BCUT2D eigenvalue weighted by Crippen LogP contribution is 2.38. The lowest BCUT2D eigenvalue weighted by atomic mass is 9.96. The highest BCUT2D eigenvalue weighted by molar-refractivity contribution is 7.91. The van der Waals surface area contributed by atoms with Gasteiger partial charge in [-0.05, 0) is 37.8 Å². The van der Waals surface area contributed by atoms with Crippen LogP contribution >= 0.6 is 22.9 Å². The SMILES string of the molecule is CC(CN)(NC(=O)CNS(=O)(=O)c1ccc(Cl)s1)C1CC1. The average Bonchev–Trinajstić information content (AvgIpc) is 3.19. The van der Waals surface area contributed by atoms with E-state index < -0.39 is 15.6 Å². The number of thiophene rings is 1. The van der Waals surface area contributed by atoms with Crippen LogP contribution in [0.1, 0.15) is 19.8 Å². The lowest BCUT2D eigenvalue weighted by Gasteiger charge is -2.29. The molecule has 0 aliphatic heterocycles. The number of rotatable bonds is 7. The lowest BCUT2D eigenvalue weighted by molar-refractivity contribution is -0.121. The van der Waals surface area contributed by atoms with Crippen LogP contribution in [0, 0.1) is 5.92 Å². The molecule has 0 radical (unpaired) electrons. The number of hydrogen-bond acceptors (Lipinski definition) is 5. The maximum atomic E-state index is 12.0. The van der Waals surface area contributed by atoms with E-state index in [1.165, 1.54) is 12.1 Å². The van der Waals surface area contributed by atoms with Gasteiger partial charge in [-0.2, -0.15) is 0 Å². The van der Waals surface area contributed by atoms with E-state index in [4.69, 9.17) is 17.3 Å². The van der Waals surface area contributed by atoms with Crippen LogP contribution in [0.5, 0.6) is 0 Å². The highest BCUT2D eigenvalue weighted by atomic mass is 35.5. The van der Waals surface area contributed by atoms with Gasteiger partial charge in [0, 0.05) is 6.54 Å². The van der Waals surface area contributed by atoms with Crippen molar-refractivity contribution in [1.82, 2.24) is 10.0 Å². The predicted octanol–water partition coefficient (Wildman–Crippen LogP) is 0.923. The molecule has 118 valence electrons. The number of nitrogens with one attached hydrogen (secondary N) is 2. The molecule has 1 aromatic rings. The minimum absolute atomic E-state index is 0.0871. The van der Waals surface area contributed by atoms with Crippen LogP contribution in [-0.4, -0.2) is 33.0 Å². The summed E-state index contributed by atoms with van der Waals surface area (Å²) < 4.78 is 26.7. The molecule has 0 bridgehead atoms. The molecule has 0 aromatic carbocycles. The summed E-state index contributed by atoms with van der Waals surface area (Å²) in [7, 11) is -3.71. The molecule has 1 unspecified atom stereocenters. The average molecular weight is 352 g/mol. The zero-order valence-electron chi connectivity index (χ0n) is 11.6. The van der Waals surface area contributed by atoms with Crippen molar-refractivity contribution in [3.8, 4) is 0 Å². The number of nitrogens with two attached hydrogens (primary N) is 1. The van der Waals surface area contributed by atoms with Gasteiger partial charge in [0.1, 0.15) is 4.21 Å². The third-order valence-corrected chi connectivity index (χ3v) is 6.69. The number of carbonyl (C=O) groups excluding carboxylic acids is 1. The van der Waals surface area contributed by atoms with E-state index in [0.717, 1.165) is 24.2 Å². The van der Waals surface area contributed by atoms with Crippen LogP contribution in [0.4, 0.5) is 0 Å². The normalized spacial score (nSPS) is 18.2. The standard InChI is InChI=1S/C12H18ClN3O3S2/c1-12(7-14,8-2-3-8)16-10(17)6-15-21(18,19)11-5-4-9(13)20-11/h4-5,8,15H,2-3,6-7,14H2,1H3,(H,16,17). The van der Waals surface area contributed by atoms with E-state index in [1.807, 2.05) is 6.92 Å². The summed E-state index contributed by atoms with van der Waals surface area (Å²) in [6.45, 7) is 1.90. The fraction of sp³-hybridized carbons (Fsp3) is 0.583. The van der Waals surface area contributed by atoms with E-state index in [1.54, 1.807) is 0 Å². The van der Waals surface area contributed by atoms with Gasteiger partial charge in [0.15, 0.2) is 0 Å². The smallest absolute Gasteiger partial charge is 0.250 e. The molecule has 0 spiro atoms. The van der Waals surface area contributed by atoms with E-state index in [2.05, 4.69) is 10.0 Å². The largest absolute Gasteiger partial charge is 0.348 e. The van der Waals surface area contributed by atoms with Crippen molar-refractivity contribution < 1.29 is 13.2 Å². The van der Waals surface area contributed by atoms with Gasteiger partial charge >= 0.3 is 0 Å². The van der Waals surface area contributed by atoms with Gasteiger partial charge < -0.3 is 11.1 Å². The Morgan fingerprint density at radius 2 is 2.19 bits per heavy atom. The molecule has 1 heterocycles. The Morgan fingerprint density at radius 1 is 1.52 bits per heavy atom. The first-order valence-electron chi connectivity index (χ1n) is 6.53. The molecule has 6 nitrogen and oxygen atoms in total. The summed E-state index contributed by atoms with van der Waals surface area (Å²) in [6.07, 6.45) is 2.07. The monoisotopic (exact) mass is 351 g/mol. The van der Waals surface area contributed by atoms with Gasteiger partial charge in [-0.25, -0.2) is 13.1 Å². The molecule has 2 rings (SSSR count). The summed E-state index contributed by atoms with van der Waals surface area (Å²) in [5, 5.41) is 2.82. The minimum Gasteiger partial charge on any atom is -0.348 e. The van der Waals surface area contributed by atoms with Crippen LogP contribution < -0.4 is 15.8 Å². The van der Waals surface area contributed by atoms with Crippen LogP contribution in [-0.2, 0) is 14.8 Å². The Morgan fingerprint density at radius 3 is 2.67 bits per heavy atom. The Balaban J connectivity index is 1.92. The molecule has 21 heavy (non-hydrogen) atoms. The van der Waals surface area contributed by atoms with Gasteiger partial charge in [-0.15, -0.1) is 11.3 Å². The van der Waals surface area contributed by atoms with Gasteiger partial charge in [-0.1, -0.05) is 11.6 Å². The molecule has 4 N–H and O–H groups in total. The number of halogens is 1. The van der Waals surface area contributed by atoms with Gasteiger partial charge in [0.05, 0.1) is 16.4 Å². The number of carbonyl (C=O) groups is 1. The fourth-order valence-electron chi connectivity index (χ4n) is 2.08. The topological polar surface area (TPSA) is 101 Å². The Bertz CT molecular complexity index is 627. The minimum atomic E-state index is -3.71. The predicted molar refractivity (Wildman–Crippen MR) is 82.8 cm³/mol. The molecule has 1 amide bonds. The van der Waals surface area contributed by atoms with Crippen LogP contribution in [0.15, 0.2) is 16.3 Å². The zero-order chi connectivity index (χ0) is 15.7. The zero-order valence-corrected chi connectivity index (χ0v) is 13.9. The second kappa shape index (κ2) is 6.21. The van der Waals surface area contributed by atoms with E-state index in [-0.39, 0.29) is 16.7 Å². The first-order chi connectivity index (χ1) is 9.77. The highest BCUT2D eigenvalue weighted by Gasteiger charge is 2.41. The first kappa shape index (κ1) is 16.7. The molecule has 1 aromatic heterocycles. The molecule has 1 saturated carbocycles. The molecule has 1 aliphatic rings. The molecule has 9 heteroatoms. The Kier molecular flexibility index (Phi) is 4.94. The van der Waals surface area contributed by atoms with Crippen molar-refractivity contribution >= 4 is 38.9 Å². The van der Waals surface area contributed by atoms with Crippen LogP contribution in [0.3, 0.4) is 0 Å². The van der Waals surface area contributed by atoms with Crippen molar-refractivity contribution in [3.05, 3.63) is 16.5 Å². The first-order valence-corrected chi connectivity index (χ1v) is 9.21. The van der Waals surface area contributed by atoms with Gasteiger partial charge in [0.25, 0.3) is 10.0 Å². The molecule has 1 aliphatic carbocycles. The van der Waals surface area contributed by atoms with Crippen molar-refractivity contribution in [2.45, 2.75) is 29.5 Å². The van der Waals surface area contributed by atoms with Gasteiger partial charge in [0.2, 0.25) is 5.91 Å². The quantitative estimate of drug-likeness (QED) is 0.680. The third-order valence-electron chi connectivity index (χ3n) is 3.56. The number of sulfonamides is 1. The van der Waals surface area contributed by atoms with Crippen molar-refractivity contribution in [1.29, 1.82) is 0 Å². The Hall–Kier alpha value is -0.670. The molecule has 1 fully saturated rings. The van der Waals surface area contributed by atoms with Crippen LogP contribution in [0.25, 0.3) is 0 Å². The number of hydrogen-bond donors (Lipinski definition) is 3. The summed E-state index contributed by atoms with van der Waals surface area (Å²) in [5.74, 6) is -0.0137.